The molecule has 0 aliphatic carbocycles. The fourth-order valence-corrected chi connectivity index (χ4v) is 6.34. The van der Waals surface area contributed by atoms with Gasteiger partial charge >= 0.3 is 5.97 Å². The van der Waals surface area contributed by atoms with Crippen LogP contribution in [0, 0.1) is 22.7 Å². The maximum absolute atomic E-state index is 12.6. The van der Waals surface area contributed by atoms with Gasteiger partial charge in [0.05, 0.1) is 47.7 Å². The fraction of sp³-hybridized carbons (Fsp3) is 0.167. The molecule has 210 valence electrons. The molecule has 3 N–H and O–H groups in total. The number of carbonyl (C=O) groups excluding carboxylic acids is 1. The fourth-order valence-electron chi connectivity index (χ4n) is 4.55. The maximum Gasteiger partial charge on any atom is 0.356 e. The number of nitriles is 2. The summed E-state index contributed by atoms with van der Waals surface area (Å²) in [5.74, 6) is 0.371. The molecule has 3 heterocycles. The van der Waals surface area contributed by atoms with Crippen LogP contribution in [-0.2, 0) is 17.5 Å². The summed E-state index contributed by atoms with van der Waals surface area (Å²) in [7, 11) is 2.95. The predicted molar refractivity (Wildman–Crippen MR) is 161 cm³/mol. The highest BCUT2D eigenvalue weighted by Crippen LogP contribution is 2.42. The van der Waals surface area contributed by atoms with Gasteiger partial charge in [0.25, 0.3) is 0 Å². The van der Waals surface area contributed by atoms with E-state index < -0.39 is 5.97 Å². The summed E-state index contributed by atoms with van der Waals surface area (Å²) >= 11 is 2.82. The van der Waals surface area contributed by atoms with Crippen LogP contribution in [-0.4, -0.2) is 45.9 Å². The van der Waals surface area contributed by atoms with Crippen molar-refractivity contribution in [2.75, 3.05) is 26.1 Å². The number of fused-ring (bicyclic) bond motifs is 1. The molecule has 5 aromatic rings. The van der Waals surface area contributed by atoms with Crippen LogP contribution in [0.2, 0.25) is 0 Å². The Labute approximate surface area is 249 Å². The van der Waals surface area contributed by atoms with Crippen LogP contribution in [0.4, 0.5) is 5.69 Å². The molecule has 0 bridgehead atoms. The lowest BCUT2D eigenvalue weighted by Crippen LogP contribution is -2.10. The van der Waals surface area contributed by atoms with Crippen LogP contribution in [0.25, 0.3) is 32.7 Å². The zero-order valence-corrected chi connectivity index (χ0v) is 24.3. The molecule has 12 heteroatoms. The number of thioether (sulfide) groups is 1. The minimum Gasteiger partial charge on any atom is -0.491 e. The Kier molecular flexibility index (Phi) is 8.41. The van der Waals surface area contributed by atoms with E-state index >= 15 is 0 Å². The molecule has 0 aliphatic heterocycles. The van der Waals surface area contributed by atoms with Gasteiger partial charge in [0.2, 0.25) is 0 Å². The van der Waals surface area contributed by atoms with Gasteiger partial charge in [-0.3, -0.25) is 0 Å². The molecule has 0 spiro atoms. The number of nitrogens with zero attached hydrogens (tertiary/aromatic N) is 5. The van der Waals surface area contributed by atoms with E-state index in [4.69, 9.17) is 30.3 Å². The summed E-state index contributed by atoms with van der Waals surface area (Å²) in [6.45, 7) is 0.0365. The van der Waals surface area contributed by atoms with Crippen LogP contribution in [0.5, 0.6) is 5.75 Å². The number of esters is 1. The number of aryl methyl sites for hydroxylation is 1. The molecule has 5 rings (SSSR count). The molecule has 42 heavy (non-hydrogen) atoms. The van der Waals surface area contributed by atoms with Gasteiger partial charge in [0, 0.05) is 29.3 Å². The quantitative estimate of drug-likeness (QED) is 0.172. The molecule has 0 unspecified atom stereocenters. The monoisotopic (exact) mass is 596 g/mol. The Morgan fingerprint density at radius 1 is 1.14 bits per heavy atom. The first-order valence-corrected chi connectivity index (χ1v) is 14.5. The van der Waals surface area contributed by atoms with Crippen LogP contribution in [0.1, 0.15) is 27.3 Å². The molecule has 0 saturated carbocycles. The highest BCUT2D eigenvalue weighted by molar-refractivity contribution is 7.98. The van der Waals surface area contributed by atoms with Gasteiger partial charge in [-0.25, -0.2) is 14.8 Å². The number of aromatic nitrogens is 3. The van der Waals surface area contributed by atoms with Crippen molar-refractivity contribution in [2.45, 2.75) is 10.8 Å². The third-order valence-corrected chi connectivity index (χ3v) is 8.41. The van der Waals surface area contributed by atoms with Gasteiger partial charge in [0.1, 0.15) is 34.1 Å². The van der Waals surface area contributed by atoms with Gasteiger partial charge < -0.3 is 24.9 Å². The van der Waals surface area contributed by atoms with Gasteiger partial charge in [-0.1, -0.05) is 36.0 Å². The molecule has 0 saturated heterocycles. The summed E-state index contributed by atoms with van der Waals surface area (Å²) in [5, 5.41) is 32.3. The van der Waals surface area contributed by atoms with E-state index in [-0.39, 0.29) is 24.6 Å². The minimum atomic E-state index is -0.616. The molecule has 10 nitrogen and oxygen atoms in total. The Bertz CT molecular complexity index is 1880. The number of anilines is 1. The van der Waals surface area contributed by atoms with E-state index in [1.165, 1.54) is 30.2 Å². The lowest BCUT2D eigenvalue weighted by molar-refractivity contribution is 0.0591. The van der Waals surface area contributed by atoms with Gasteiger partial charge in [0.15, 0.2) is 5.69 Å². The van der Waals surface area contributed by atoms with Crippen molar-refractivity contribution in [3.63, 3.8) is 0 Å². The standard InChI is InChI=1S/C30H24N6O4S2/c1-36-26(30(38)39-2)25(33)24-23(18-6-8-21(9-7-18)40-11-10-37)22(14-32)29(35-27(24)36)42-16-20-15-41-28(34-20)19-5-3-4-17(12-19)13-31/h3-9,12,15,37H,10-11,16,33H2,1-2H3. The Balaban J connectivity index is 1.59. The highest BCUT2D eigenvalue weighted by Gasteiger charge is 2.27. The number of aliphatic hydroxyl groups excluding tert-OH is 1. The number of rotatable bonds is 9. The number of aliphatic hydroxyl groups is 1. The largest absolute Gasteiger partial charge is 0.491 e. The second-order valence-electron chi connectivity index (χ2n) is 9.01. The van der Waals surface area contributed by atoms with Crippen molar-refractivity contribution in [3.05, 3.63) is 76.4 Å². The number of pyridine rings is 1. The summed E-state index contributed by atoms with van der Waals surface area (Å²) in [6.07, 6.45) is 0. The van der Waals surface area contributed by atoms with E-state index in [0.29, 0.717) is 49.8 Å². The van der Waals surface area contributed by atoms with Crippen molar-refractivity contribution < 1.29 is 19.4 Å². The Morgan fingerprint density at radius 3 is 2.62 bits per heavy atom. The SMILES string of the molecule is COC(=O)c1c(N)c2c(-c3ccc(OCCO)cc3)c(C#N)c(SCc3csc(-c4cccc(C#N)c4)n3)nc2n1C. The summed E-state index contributed by atoms with van der Waals surface area (Å²) < 4.78 is 12.0. The topological polar surface area (TPSA) is 160 Å². The molecule has 0 aliphatic rings. The Hall–Kier alpha value is -4.88. The number of methoxy groups -OCH3 is 1. The van der Waals surface area contributed by atoms with Crippen molar-refractivity contribution in [1.29, 1.82) is 10.5 Å². The number of carbonyl (C=O) groups is 1. The van der Waals surface area contributed by atoms with Crippen LogP contribution >= 0.6 is 23.1 Å². The average Bonchev–Trinajstić information content (AvgIpc) is 3.60. The molecule has 0 radical (unpaired) electrons. The van der Waals surface area contributed by atoms with Gasteiger partial charge in [-0.2, -0.15) is 10.5 Å². The number of hydrogen-bond donors (Lipinski definition) is 2. The van der Waals surface area contributed by atoms with Crippen LogP contribution < -0.4 is 10.5 Å². The van der Waals surface area contributed by atoms with E-state index in [9.17, 15) is 15.3 Å². The van der Waals surface area contributed by atoms with Crippen molar-refractivity contribution in [2.24, 2.45) is 7.05 Å². The molecular weight excluding hydrogens is 573 g/mol. The number of benzene rings is 2. The third-order valence-electron chi connectivity index (χ3n) is 6.46. The molecule has 0 atom stereocenters. The zero-order valence-electron chi connectivity index (χ0n) is 22.6. The Morgan fingerprint density at radius 2 is 1.93 bits per heavy atom. The van der Waals surface area contributed by atoms with E-state index in [1.54, 1.807) is 48.0 Å². The van der Waals surface area contributed by atoms with Crippen molar-refractivity contribution in [1.82, 2.24) is 14.5 Å². The second kappa shape index (κ2) is 12.3. The third kappa shape index (κ3) is 5.39. The smallest absolute Gasteiger partial charge is 0.356 e. The van der Waals surface area contributed by atoms with Crippen LogP contribution in [0.3, 0.4) is 0 Å². The van der Waals surface area contributed by atoms with Gasteiger partial charge in [-0.05, 0) is 29.8 Å². The van der Waals surface area contributed by atoms with Crippen molar-refractivity contribution >= 4 is 45.8 Å². The lowest BCUT2D eigenvalue weighted by atomic mass is 9.98. The summed E-state index contributed by atoms with van der Waals surface area (Å²) in [5.41, 5.74) is 11.0. The first-order valence-electron chi connectivity index (χ1n) is 12.6. The van der Waals surface area contributed by atoms with E-state index in [0.717, 1.165) is 16.3 Å². The van der Waals surface area contributed by atoms with Crippen molar-refractivity contribution in [3.8, 4) is 39.6 Å². The maximum atomic E-state index is 12.6. The first kappa shape index (κ1) is 28.6. The highest BCUT2D eigenvalue weighted by atomic mass is 32.2. The molecular formula is C30H24N6O4S2. The normalized spacial score (nSPS) is 10.8. The number of nitrogen functional groups attached to an aromatic ring is 1. The number of nitrogens with two attached hydrogens (primary N) is 1. The summed E-state index contributed by atoms with van der Waals surface area (Å²) in [6, 6.07) is 18.8. The molecule has 3 aromatic heterocycles. The van der Waals surface area contributed by atoms with E-state index in [2.05, 4.69) is 12.1 Å². The molecule has 2 aromatic carbocycles. The predicted octanol–water partition coefficient (Wildman–Crippen LogP) is 5.14. The number of hydrogen-bond acceptors (Lipinski definition) is 11. The van der Waals surface area contributed by atoms with Crippen LogP contribution in [0.15, 0.2) is 58.9 Å². The average molecular weight is 597 g/mol. The van der Waals surface area contributed by atoms with E-state index in [1.807, 2.05) is 17.5 Å². The second-order valence-corrected chi connectivity index (χ2v) is 10.8. The number of ether oxygens (including phenoxy) is 2. The minimum absolute atomic E-state index is 0.116. The molecule has 0 amide bonds. The number of thiazole rings is 1. The van der Waals surface area contributed by atoms with Gasteiger partial charge in [-0.15, -0.1) is 11.3 Å². The summed E-state index contributed by atoms with van der Waals surface area (Å²) in [4.78, 5) is 22.2. The zero-order chi connectivity index (χ0) is 29.8. The lowest BCUT2D eigenvalue weighted by Gasteiger charge is -2.13. The molecule has 0 fully saturated rings. The first-order chi connectivity index (χ1) is 20.4.